The number of amides is 1. The molecule has 0 radical (unpaired) electrons. The van der Waals surface area contributed by atoms with Crippen molar-refractivity contribution in [2.45, 2.75) is 24.9 Å². The van der Waals surface area contributed by atoms with Gasteiger partial charge >= 0.3 is 6.01 Å². The Bertz CT molecular complexity index is 923. The van der Waals surface area contributed by atoms with Gasteiger partial charge in [0.25, 0.3) is 5.91 Å². The Hall–Kier alpha value is -2.94. The zero-order valence-electron chi connectivity index (χ0n) is 17.4. The van der Waals surface area contributed by atoms with Crippen LogP contribution in [0.1, 0.15) is 35.2 Å². The number of likely N-dealkylation sites (tertiary alicyclic amines) is 1. The molecule has 1 amide bonds. The molecule has 160 valence electrons. The summed E-state index contributed by atoms with van der Waals surface area (Å²) >= 11 is 0. The molecular formula is C21H26N4O5. The highest BCUT2D eigenvalue weighted by molar-refractivity contribution is 5.94. The predicted octanol–water partition coefficient (Wildman–Crippen LogP) is 1.66. The molecule has 2 aliphatic rings. The molecule has 4 rings (SSSR count). The molecule has 2 aromatic rings. The van der Waals surface area contributed by atoms with Gasteiger partial charge in [-0.2, -0.15) is 4.98 Å². The van der Waals surface area contributed by atoms with E-state index >= 15 is 0 Å². The largest absolute Gasteiger partial charge is 0.481 e. The smallest absolute Gasteiger partial charge is 0.319 e. The summed E-state index contributed by atoms with van der Waals surface area (Å²) in [4.78, 5) is 27.5. The van der Waals surface area contributed by atoms with Crippen LogP contribution in [0.3, 0.4) is 0 Å². The van der Waals surface area contributed by atoms with Gasteiger partial charge in [0.2, 0.25) is 11.8 Å². The average Bonchev–Trinajstić information content (AvgIpc) is 2.77. The number of hydrogen-bond acceptors (Lipinski definition) is 8. The third-order valence-electron chi connectivity index (χ3n) is 6.25. The van der Waals surface area contributed by atoms with Crippen molar-refractivity contribution in [2.24, 2.45) is 11.8 Å². The van der Waals surface area contributed by atoms with Gasteiger partial charge < -0.3 is 24.2 Å². The second-order valence-corrected chi connectivity index (χ2v) is 7.73. The third kappa shape index (κ3) is 3.32. The van der Waals surface area contributed by atoms with Gasteiger partial charge in [0.05, 0.1) is 26.9 Å². The maximum atomic E-state index is 13.1. The molecule has 2 bridgehead atoms. The number of piperidine rings is 1. The number of ether oxygens (including phenoxy) is 3. The van der Waals surface area contributed by atoms with Crippen molar-refractivity contribution >= 4 is 5.91 Å². The third-order valence-corrected chi connectivity index (χ3v) is 6.25. The number of methoxy groups -OCH3 is 3. The molecule has 3 heterocycles. The van der Waals surface area contributed by atoms with Crippen molar-refractivity contribution in [3.8, 4) is 17.8 Å². The van der Waals surface area contributed by atoms with Gasteiger partial charge in [0.1, 0.15) is 5.60 Å². The average molecular weight is 414 g/mol. The SMILES string of the molecule is COc1cc(C(=O)N2C[C@H]3CCC[C@H](C2)C3(O)c2cnc(OC)nc2OC)ccn1. The summed E-state index contributed by atoms with van der Waals surface area (Å²) in [6.45, 7) is 0.872. The normalized spacial score (nSPS) is 25.5. The minimum atomic E-state index is -1.16. The number of carbonyl (C=O) groups is 1. The van der Waals surface area contributed by atoms with E-state index < -0.39 is 5.60 Å². The first-order valence-corrected chi connectivity index (χ1v) is 9.98. The zero-order valence-corrected chi connectivity index (χ0v) is 17.4. The minimum Gasteiger partial charge on any atom is -0.481 e. The quantitative estimate of drug-likeness (QED) is 0.787. The van der Waals surface area contributed by atoms with Crippen molar-refractivity contribution in [2.75, 3.05) is 34.4 Å². The van der Waals surface area contributed by atoms with Crippen molar-refractivity contribution < 1.29 is 24.1 Å². The number of aliphatic hydroxyl groups is 1. The summed E-state index contributed by atoms with van der Waals surface area (Å²) in [6, 6.07) is 3.50. The fourth-order valence-corrected chi connectivity index (χ4v) is 4.77. The number of hydrogen-bond donors (Lipinski definition) is 1. The lowest BCUT2D eigenvalue weighted by Gasteiger charge is -2.53. The second kappa shape index (κ2) is 8.06. The van der Waals surface area contributed by atoms with Crippen molar-refractivity contribution in [3.63, 3.8) is 0 Å². The topological polar surface area (TPSA) is 107 Å². The van der Waals surface area contributed by atoms with E-state index in [9.17, 15) is 9.90 Å². The summed E-state index contributed by atoms with van der Waals surface area (Å²) in [7, 11) is 4.52. The molecule has 2 fully saturated rings. The van der Waals surface area contributed by atoms with Crippen molar-refractivity contribution in [3.05, 3.63) is 35.7 Å². The molecule has 1 saturated heterocycles. The predicted molar refractivity (Wildman–Crippen MR) is 107 cm³/mol. The molecule has 1 aliphatic carbocycles. The van der Waals surface area contributed by atoms with Crippen LogP contribution in [0.2, 0.25) is 0 Å². The first-order chi connectivity index (χ1) is 14.5. The monoisotopic (exact) mass is 414 g/mol. The number of carbonyl (C=O) groups excluding carboxylic acids is 1. The Labute approximate surface area is 175 Å². The van der Waals surface area contributed by atoms with E-state index in [0.29, 0.717) is 36.0 Å². The van der Waals surface area contributed by atoms with Crippen LogP contribution < -0.4 is 14.2 Å². The molecule has 0 unspecified atom stereocenters. The van der Waals surface area contributed by atoms with E-state index in [0.717, 1.165) is 19.3 Å². The highest BCUT2D eigenvalue weighted by Gasteiger charge is 2.54. The Morgan fingerprint density at radius 1 is 1.13 bits per heavy atom. The van der Waals surface area contributed by atoms with Crippen molar-refractivity contribution in [1.29, 1.82) is 0 Å². The molecule has 2 aromatic heterocycles. The lowest BCUT2D eigenvalue weighted by molar-refractivity contribution is -0.140. The van der Waals surface area contributed by atoms with Gasteiger partial charge in [-0.25, -0.2) is 9.97 Å². The molecule has 0 spiro atoms. The van der Waals surface area contributed by atoms with Crippen LogP contribution in [0.15, 0.2) is 24.5 Å². The number of aromatic nitrogens is 3. The van der Waals surface area contributed by atoms with Crippen LogP contribution in [0, 0.1) is 11.8 Å². The standard InChI is InChI=1S/C21H26N4O5/c1-28-17-9-13(7-8-22-17)19(26)25-11-14-5-4-6-15(12-25)21(14,27)16-10-23-20(30-3)24-18(16)29-2/h7-10,14-15,27H,4-6,11-12H2,1-3H3/t14-,15-/m1/s1. The fraction of sp³-hybridized carbons (Fsp3) is 0.524. The number of pyridine rings is 1. The van der Waals surface area contributed by atoms with E-state index in [-0.39, 0.29) is 23.8 Å². The van der Waals surface area contributed by atoms with E-state index in [1.807, 2.05) is 4.90 Å². The zero-order chi connectivity index (χ0) is 21.3. The summed E-state index contributed by atoms with van der Waals surface area (Å²) in [5, 5.41) is 11.9. The van der Waals surface area contributed by atoms with Gasteiger partial charge in [-0.05, 0) is 18.9 Å². The van der Waals surface area contributed by atoms with Crippen LogP contribution in [0.4, 0.5) is 0 Å². The number of fused-ring (bicyclic) bond motifs is 2. The van der Waals surface area contributed by atoms with Crippen LogP contribution in [0.5, 0.6) is 17.8 Å². The van der Waals surface area contributed by atoms with Crippen LogP contribution in [-0.2, 0) is 5.60 Å². The summed E-state index contributed by atoms with van der Waals surface area (Å²) < 4.78 is 15.7. The van der Waals surface area contributed by atoms with Gasteiger partial charge in [-0.3, -0.25) is 4.79 Å². The first-order valence-electron chi connectivity index (χ1n) is 9.98. The fourth-order valence-electron chi connectivity index (χ4n) is 4.77. The molecule has 2 atom stereocenters. The number of rotatable bonds is 5. The van der Waals surface area contributed by atoms with Crippen LogP contribution >= 0.6 is 0 Å². The Balaban J connectivity index is 1.65. The molecule has 0 aromatic carbocycles. The van der Waals surface area contributed by atoms with Crippen LogP contribution in [-0.4, -0.2) is 65.3 Å². The maximum absolute atomic E-state index is 13.1. The Morgan fingerprint density at radius 3 is 2.50 bits per heavy atom. The minimum absolute atomic E-state index is 0.0902. The first kappa shape index (κ1) is 20.3. The van der Waals surface area contributed by atoms with Gasteiger partial charge in [0.15, 0.2) is 0 Å². The summed E-state index contributed by atoms with van der Waals surface area (Å²) in [6.07, 6.45) is 5.74. The molecule has 9 nitrogen and oxygen atoms in total. The van der Waals surface area contributed by atoms with E-state index in [4.69, 9.17) is 14.2 Å². The van der Waals surface area contributed by atoms with Gasteiger partial charge in [-0.15, -0.1) is 0 Å². The van der Waals surface area contributed by atoms with Crippen LogP contribution in [0.25, 0.3) is 0 Å². The highest BCUT2D eigenvalue weighted by Crippen LogP contribution is 2.51. The lowest BCUT2D eigenvalue weighted by Crippen LogP contribution is -2.59. The Kier molecular flexibility index (Phi) is 5.46. The molecule has 30 heavy (non-hydrogen) atoms. The van der Waals surface area contributed by atoms with Gasteiger partial charge in [0, 0.05) is 48.9 Å². The van der Waals surface area contributed by atoms with Crippen molar-refractivity contribution in [1.82, 2.24) is 19.9 Å². The summed E-state index contributed by atoms with van der Waals surface area (Å²) in [5.41, 5.74) is -0.0864. The summed E-state index contributed by atoms with van der Waals surface area (Å²) in [5.74, 6) is 0.314. The van der Waals surface area contributed by atoms with E-state index in [2.05, 4.69) is 15.0 Å². The molecule has 1 N–H and O–H groups in total. The Morgan fingerprint density at radius 2 is 1.87 bits per heavy atom. The molecule has 1 aliphatic heterocycles. The second-order valence-electron chi connectivity index (χ2n) is 7.73. The molecular weight excluding hydrogens is 388 g/mol. The lowest BCUT2D eigenvalue weighted by atomic mass is 9.63. The van der Waals surface area contributed by atoms with E-state index in [1.54, 1.807) is 24.5 Å². The molecule has 9 heteroatoms. The van der Waals surface area contributed by atoms with E-state index in [1.165, 1.54) is 21.3 Å². The number of nitrogens with zero attached hydrogens (tertiary/aromatic N) is 4. The molecule has 1 saturated carbocycles. The van der Waals surface area contributed by atoms with Gasteiger partial charge in [-0.1, -0.05) is 6.42 Å². The highest BCUT2D eigenvalue weighted by atomic mass is 16.5. The maximum Gasteiger partial charge on any atom is 0.319 e.